The van der Waals surface area contributed by atoms with Crippen LogP contribution >= 0.6 is 0 Å². The van der Waals surface area contributed by atoms with Gasteiger partial charge in [0.25, 0.3) is 0 Å². The van der Waals surface area contributed by atoms with Crippen molar-refractivity contribution in [2.75, 3.05) is 11.4 Å². The fraction of sp³-hybridized carbons (Fsp3) is 0.625. The Kier molecular flexibility index (Phi) is 3.86. The van der Waals surface area contributed by atoms with E-state index in [0.717, 1.165) is 19.4 Å². The molecule has 0 spiro atoms. The van der Waals surface area contributed by atoms with E-state index in [0.29, 0.717) is 17.6 Å². The number of halogens is 3. The summed E-state index contributed by atoms with van der Waals surface area (Å²) in [6.07, 6.45) is 1.53. The average Bonchev–Trinajstić information content (AvgIpc) is 2.89. The Bertz CT molecular complexity index is 513. The van der Waals surface area contributed by atoms with Crippen molar-refractivity contribution in [2.24, 2.45) is 11.7 Å². The summed E-state index contributed by atoms with van der Waals surface area (Å²) >= 11 is 0. The van der Waals surface area contributed by atoms with Gasteiger partial charge in [-0.25, -0.2) is 0 Å². The fourth-order valence-electron chi connectivity index (χ4n) is 3.91. The zero-order chi connectivity index (χ0) is 15.0. The van der Waals surface area contributed by atoms with Crippen molar-refractivity contribution in [3.05, 3.63) is 29.3 Å². The standard InChI is InChI=1S/C16H21F3N2/c17-16(18,19)14-9-13(6-5-12(14)10-20)21-8-7-11-3-1-2-4-15(11)21/h5-6,9,11,15H,1-4,7-8,10,20H2. The first-order valence-corrected chi connectivity index (χ1v) is 7.67. The van der Waals surface area contributed by atoms with Gasteiger partial charge in [-0.15, -0.1) is 0 Å². The van der Waals surface area contributed by atoms with E-state index in [1.54, 1.807) is 6.07 Å². The molecule has 5 heteroatoms. The molecule has 21 heavy (non-hydrogen) atoms. The van der Waals surface area contributed by atoms with Crippen molar-refractivity contribution in [2.45, 2.75) is 50.9 Å². The largest absolute Gasteiger partial charge is 0.416 e. The van der Waals surface area contributed by atoms with Crippen LogP contribution in [0.15, 0.2) is 18.2 Å². The third-order valence-electron chi connectivity index (χ3n) is 4.96. The van der Waals surface area contributed by atoms with Gasteiger partial charge >= 0.3 is 6.18 Å². The zero-order valence-corrected chi connectivity index (χ0v) is 12.0. The summed E-state index contributed by atoms with van der Waals surface area (Å²) < 4.78 is 39.5. The van der Waals surface area contributed by atoms with Gasteiger partial charge in [0.1, 0.15) is 0 Å². The molecule has 2 nitrogen and oxygen atoms in total. The highest BCUT2D eigenvalue weighted by Gasteiger charge is 2.38. The Labute approximate surface area is 123 Å². The summed E-state index contributed by atoms with van der Waals surface area (Å²) in [4.78, 5) is 2.18. The zero-order valence-electron chi connectivity index (χ0n) is 12.0. The monoisotopic (exact) mass is 298 g/mol. The Morgan fingerprint density at radius 1 is 1.14 bits per heavy atom. The van der Waals surface area contributed by atoms with E-state index in [9.17, 15) is 13.2 Å². The normalized spacial score (nSPS) is 26.0. The molecule has 2 unspecified atom stereocenters. The van der Waals surface area contributed by atoms with E-state index in [1.165, 1.54) is 31.4 Å². The molecule has 1 saturated carbocycles. The Balaban J connectivity index is 1.92. The van der Waals surface area contributed by atoms with Crippen molar-refractivity contribution < 1.29 is 13.2 Å². The molecule has 2 aliphatic rings. The number of hydrogen-bond acceptors (Lipinski definition) is 2. The van der Waals surface area contributed by atoms with Crippen LogP contribution in [-0.4, -0.2) is 12.6 Å². The van der Waals surface area contributed by atoms with Crippen LogP contribution in [0.3, 0.4) is 0 Å². The topological polar surface area (TPSA) is 29.3 Å². The molecule has 1 saturated heterocycles. The highest BCUT2D eigenvalue weighted by molar-refractivity contribution is 5.53. The Hall–Kier alpha value is -1.23. The minimum Gasteiger partial charge on any atom is -0.368 e. The van der Waals surface area contributed by atoms with Gasteiger partial charge in [0.2, 0.25) is 0 Å². The van der Waals surface area contributed by atoms with Crippen molar-refractivity contribution in [1.82, 2.24) is 0 Å². The molecule has 116 valence electrons. The molecule has 0 amide bonds. The Morgan fingerprint density at radius 3 is 2.62 bits per heavy atom. The van der Waals surface area contributed by atoms with Crippen LogP contribution in [0, 0.1) is 5.92 Å². The quantitative estimate of drug-likeness (QED) is 0.896. The van der Waals surface area contributed by atoms with Crippen LogP contribution in [0.1, 0.15) is 43.2 Å². The van der Waals surface area contributed by atoms with Crippen LogP contribution in [0.5, 0.6) is 0 Å². The minimum atomic E-state index is -4.34. The maximum atomic E-state index is 13.2. The molecule has 0 aromatic heterocycles. The molecule has 2 N–H and O–H groups in total. The lowest BCUT2D eigenvalue weighted by Crippen LogP contribution is -2.34. The fourth-order valence-corrected chi connectivity index (χ4v) is 3.91. The van der Waals surface area contributed by atoms with Gasteiger partial charge < -0.3 is 10.6 Å². The van der Waals surface area contributed by atoms with Crippen molar-refractivity contribution >= 4 is 5.69 Å². The summed E-state index contributed by atoms with van der Waals surface area (Å²) in [6.45, 7) is 0.787. The van der Waals surface area contributed by atoms with Crippen LogP contribution in [-0.2, 0) is 12.7 Å². The molecule has 3 rings (SSSR count). The minimum absolute atomic E-state index is 0.0822. The number of benzene rings is 1. The second-order valence-corrected chi connectivity index (χ2v) is 6.14. The molecular formula is C16H21F3N2. The van der Waals surface area contributed by atoms with E-state index < -0.39 is 11.7 Å². The van der Waals surface area contributed by atoms with E-state index in [4.69, 9.17) is 5.73 Å². The molecular weight excluding hydrogens is 277 g/mol. The molecule has 2 atom stereocenters. The van der Waals surface area contributed by atoms with E-state index in [2.05, 4.69) is 4.90 Å². The van der Waals surface area contributed by atoms with Gasteiger partial charge in [-0.1, -0.05) is 18.9 Å². The van der Waals surface area contributed by atoms with Gasteiger partial charge in [0.15, 0.2) is 0 Å². The van der Waals surface area contributed by atoms with Crippen molar-refractivity contribution in [3.8, 4) is 0 Å². The number of hydrogen-bond donors (Lipinski definition) is 1. The summed E-state index contributed by atoms with van der Waals surface area (Å²) in [5, 5.41) is 0. The molecule has 1 aromatic carbocycles. The maximum absolute atomic E-state index is 13.2. The van der Waals surface area contributed by atoms with Crippen molar-refractivity contribution in [1.29, 1.82) is 0 Å². The molecule has 1 aliphatic carbocycles. The van der Waals surface area contributed by atoms with Crippen LogP contribution in [0.2, 0.25) is 0 Å². The van der Waals surface area contributed by atoms with Gasteiger partial charge in [-0.2, -0.15) is 13.2 Å². The smallest absolute Gasteiger partial charge is 0.368 e. The number of nitrogens with zero attached hydrogens (tertiary/aromatic N) is 1. The third-order valence-corrected chi connectivity index (χ3v) is 4.96. The second kappa shape index (κ2) is 5.52. The molecule has 0 radical (unpaired) electrons. The molecule has 2 fully saturated rings. The summed E-state index contributed by atoms with van der Waals surface area (Å²) in [5.74, 6) is 0.655. The molecule has 1 aliphatic heterocycles. The first-order chi connectivity index (χ1) is 10.0. The van der Waals surface area contributed by atoms with E-state index >= 15 is 0 Å². The highest BCUT2D eigenvalue weighted by Crippen LogP contribution is 2.41. The first-order valence-electron chi connectivity index (χ1n) is 7.67. The van der Waals surface area contributed by atoms with Crippen LogP contribution in [0.25, 0.3) is 0 Å². The number of fused-ring (bicyclic) bond motifs is 1. The summed E-state index contributed by atoms with van der Waals surface area (Å²) in [5.41, 5.74) is 5.74. The number of rotatable bonds is 2. The summed E-state index contributed by atoms with van der Waals surface area (Å²) in [6, 6.07) is 5.05. The van der Waals surface area contributed by atoms with E-state index in [-0.39, 0.29) is 12.1 Å². The van der Waals surface area contributed by atoms with Gasteiger partial charge in [0, 0.05) is 24.8 Å². The lowest BCUT2D eigenvalue weighted by atomic mass is 9.85. The number of alkyl halides is 3. The number of nitrogens with two attached hydrogens (primary N) is 1. The van der Waals surface area contributed by atoms with Gasteiger partial charge in [-0.3, -0.25) is 0 Å². The molecule has 1 aromatic rings. The lowest BCUT2D eigenvalue weighted by molar-refractivity contribution is -0.138. The molecule has 0 bridgehead atoms. The maximum Gasteiger partial charge on any atom is 0.416 e. The van der Waals surface area contributed by atoms with Crippen molar-refractivity contribution in [3.63, 3.8) is 0 Å². The summed E-state index contributed by atoms with van der Waals surface area (Å²) in [7, 11) is 0. The molecule has 1 heterocycles. The first kappa shape index (κ1) is 14.7. The predicted octanol–water partition coefficient (Wildman–Crippen LogP) is 3.93. The third kappa shape index (κ3) is 2.76. The van der Waals surface area contributed by atoms with Gasteiger partial charge in [-0.05, 0) is 42.9 Å². The van der Waals surface area contributed by atoms with Crippen LogP contribution < -0.4 is 10.6 Å². The average molecular weight is 298 g/mol. The predicted molar refractivity (Wildman–Crippen MR) is 77.0 cm³/mol. The lowest BCUT2D eigenvalue weighted by Gasteiger charge is -2.33. The van der Waals surface area contributed by atoms with Crippen LogP contribution in [0.4, 0.5) is 18.9 Å². The Morgan fingerprint density at radius 2 is 1.90 bits per heavy atom. The number of anilines is 1. The van der Waals surface area contributed by atoms with Gasteiger partial charge in [0.05, 0.1) is 5.56 Å². The second-order valence-electron chi connectivity index (χ2n) is 6.14. The van der Waals surface area contributed by atoms with E-state index in [1.807, 2.05) is 0 Å². The SMILES string of the molecule is NCc1ccc(N2CCC3CCCCC32)cc1C(F)(F)F. The highest BCUT2D eigenvalue weighted by atomic mass is 19.4.